The zero-order chi connectivity index (χ0) is 12.1. The Balaban J connectivity index is 2.24. The fraction of sp³-hybridized carbons (Fsp3) is 0.917. The number of carbonyl (C=O) groups is 1. The molecule has 16 heavy (non-hydrogen) atoms. The second-order valence-electron chi connectivity index (χ2n) is 5.07. The second-order valence-corrected chi connectivity index (χ2v) is 5.07. The highest BCUT2D eigenvalue weighted by Crippen LogP contribution is 2.13. The summed E-state index contributed by atoms with van der Waals surface area (Å²) in [4.78, 5) is 14.0. The van der Waals surface area contributed by atoms with Crippen molar-refractivity contribution in [1.82, 2.24) is 10.2 Å². The fourth-order valence-electron chi connectivity index (χ4n) is 2.07. The van der Waals surface area contributed by atoms with Crippen LogP contribution in [0.25, 0.3) is 0 Å². The quantitative estimate of drug-likeness (QED) is 0.716. The third-order valence-electron chi connectivity index (χ3n) is 3.61. The highest BCUT2D eigenvalue weighted by molar-refractivity contribution is 5.81. The normalized spacial score (nSPS) is 25.4. The van der Waals surface area contributed by atoms with Gasteiger partial charge in [0.2, 0.25) is 5.91 Å². The molecule has 1 aliphatic heterocycles. The van der Waals surface area contributed by atoms with E-state index in [2.05, 4.69) is 24.2 Å². The Morgan fingerprint density at radius 3 is 2.81 bits per heavy atom. The number of nitrogens with one attached hydrogen (secondary N) is 1. The molecule has 0 spiro atoms. The molecular formula is C12H25N3O. The number of amides is 1. The summed E-state index contributed by atoms with van der Waals surface area (Å²) < 4.78 is 0. The molecule has 4 heteroatoms. The summed E-state index contributed by atoms with van der Waals surface area (Å²) in [5.41, 5.74) is 5.86. The lowest BCUT2D eigenvalue weighted by Gasteiger charge is -2.19. The first kappa shape index (κ1) is 13.5. The van der Waals surface area contributed by atoms with Gasteiger partial charge < -0.3 is 16.0 Å². The van der Waals surface area contributed by atoms with Gasteiger partial charge in [-0.2, -0.15) is 0 Å². The molecule has 0 aliphatic carbocycles. The van der Waals surface area contributed by atoms with Gasteiger partial charge in [-0.05, 0) is 31.8 Å². The number of hydrogen-bond acceptors (Lipinski definition) is 3. The predicted octanol–water partition coefficient (Wildman–Crippen LogP) is 0.428. The zero-order valence-electron chi connectivity index (χ0n) is 10.7. The van der Waals surface area contributed by atoms with Crippen molar-refractivity contribution in [3.8, 4) is 0 Å². The van der Waals surface area contributed by atoms with Gasteiger partial charge in [0.15, 0.2) is 0 Å². The first-order chi connectivity index (χ1) is 7.54. The molecular weight excluding hydrogens is 202 g/mol. The third kappa shape index (κ3) is 3.76. The van der Waals surface area contributed by atoms with Crippen molar-refractivity contribution in [3.63, 3.8) is 0 Å². The predicted molar refractivity (Wildman–Crippen MR) is 66.0 cm³/mol. The highest BCUT2D eigenvalue weighted by atomic mass is 16.2. The van der Waals surface area contributed by atoms with Crippen molar-refractivity contribution < 1.29 is 4.79 Å². The van der Waals surface area contributed by atoms with Crippen LogP contribution < -0.4 is 11.1 Å². The van der Waals surface area contributed by atoms with Crippen LogP contribution in [0.4, 0.5) is 0 Å². The Morgan fingerprint density at radius 2 is 2.31 bits per heavy atom. The lowest BCUT2D eigenvalue weighted by Crippen LogP contribution is -2.46. The van der Waals surface area contributed by atoms with Crippen LogP contribution in [0.15, 0.2) is 0 Å². The van der Waals surface area contributed by atoms with Crippen LogP contribution in [-0.2, 0) is 4.79 Å². The zero-order valence-corrected chi connectivity index (χ0v) is 10.7. The summed E-state index contributed by atoms with van der Waals surface area (Å²) in [5, 5.41) is 2.97. The summed E-state index contributed by atoms with van der Waals surface area (Å²) in [6, 6.07) is -0.357. The van der Waals surface area contributed by atoms with E-state index in [-0.39, 0.29) is 17.9 Å². The second kappa shape index (κ2) is 6.21. The van der Waals surface area contributed by atoms with Crippen LogP contribution in [0.1, 0.15) is 26.7 Å². The Bertz CT molecular complexity index is 232. The molecule has 1 aliphatic rings. The number of hydrogen-bond donors (Lipinski definition) is 2. The van der Waals surface area contributed by atoms with E-state index in [9.17, 15) is 4.79 Å². The number of likely N-dealkylation sites (tertiary alicyclic amines) is 1. The topological polar surface area (TPSA) is 58.4 Å². The minimum absolute atomic E-state index is 0.00361. The van der Waals surface area contributed by atoms with Gasteiger partial charge in [-0.1, -0.05) is 20.3 Å². The van der Waals surface area contributed by atoms with E-state index < -0.39 is 0 Å². The van der Waals surface area contributed by atoms with E-state index in [4.69, 9.17) is 5.73 Å². The lowest BCUT2D eigenvalue weighted by molar-refractivity contribution is -0.123. The van der Waals surface area contributed by atoms with Crippen molar-refractivity contribution in [1.29, 1.82) is 0 Å². The smallest absolute Gasteiger partial charge is 0.237 e. The molecule has 0 radical (unpaired) electrons. The van der Waals surface area contributed by atoms with Crippen LogP contribution in [0.5, 0.6) is 0 Å². The maximum atomic E-state index is 11.7. The molecule has 1 rings (SSSR count). The molecule has 1 heterocycles. The largest absolute Gasteiger partial charge is 0.354 e. The molecule has 0 aromatic carbocycles. The Labute approximate surface area is 98.6 Å². The SMILES string of the molecule is CC[C@H](C)[C@H](N)C(=O)NCC1CCN(C)C1. The van der Waals surface area contributed by atoms with E-state index in [1.165, 1.54) is 6.42 Å². The van der Waals surface area contributed by atoms with Crippen LogP contribution >= 0.6 is 0 Å². The van der Waals surface area contributed by atoms with Crippen molar-refractivity contribution in [2.45, 2.75) is 32.7 Å². The van der Waals surface area contributed by atoms with E-state index in [0.29, 0.717) is 5.92 Å². The summed E-state index contributed by atoms with van der Waals surface area (Å²) in [7, 11) is 2.12. The molecule has 0 bridgehead atoms. The van der Waals surface area contributed by atoms with Gasteiger partial charge in [0.25, 0.3) is 0 Å². The van der Waals surface area contributed by atoms with E-state index in [1.54, 1.807) is 0 Å². The lowest BCUT2D eigenvalue weighted by atomic mass is 9.99. The molecule has 1 fully saturated rings. The molecule has 0 saturated carbocycles. The summed E-state index contributed by atoms with van der Waals surface area (Å²) in [6.45, 7) is 7.07. The molecule has 1 amide bonds. The molecule has 3 atom stereocenters. The van der Waals surface area contributed by atoms with E-state index >= 15 is 0 Å². The summed E-state index contributed by atoms with van der Waals surface area (Å²) in [6.07, 6.45) is 2.12. The monoisotopic (exact) mass is 227 g/mol. The van der Waals surface area contributed by atoms with Crippen molar-refractivity contribution in [2.24, 2.45) is 17.6 Å². The van der Waals surface area contributed by atoms with Crippen molar-refractivity contribution >= 4 is 5.91 Å². The first-order valence-corrected chi connectivity index (χ1v) is 6.26. The number of carbonyl (C=O) groups excluding carboxylic acids is 1. The molecule has 4 nitrogen and oxygen atoms in total. The number of rotatable bonds is 5. The maximum Gasteiger partial charge on any atom is 0.237 e. The Kier molecular flexibility index (Phi) is 5.22. The molecule has 1 saturated heterocycles. The van der Waals surface area contributed by atoms with Crippen LogP contribution in [-0.4, -0.2) is 43.5 Å². The van der Waals surface area contributed by atoms with Gasteiger partial charge in [-0.3, -0.25) is 4.79 Å². The molecule has 0 aromatic rings. The Morgan fingerprint density at radius 1 is 1.62 bits per heavy atom. The van der Waals surface area contributed by atoms with Crippen LogP contribution in [0, 0.1) is 11.8 Å². The van der Waals surface area contributed by atoms with Gasteiger partial charge in [0.1, 0.15) is 0 Å². The number of nitrogens with two attached hydrogens (primary N) is 1. The van der Waals surface area contributed by atoms with E-state index in [1.807, 2.05) is 6.92 Å². The minimum atomic E-state index is -0.357. The maximum absolute atomic E-state index is 11.7. The summed E-state index contributed by atoms with van der Waals surface area (Å²) >= 11 is 0. The van der Waals surface area contributed by atoms with Crippen molar-refractivity contribution in [2.75, 3.05) is 26.7 Å². The van der Waals surface area contributed by atoms with Gasteiger partial charge >= 0.3 is 0 Å². The third-order valence-corrected chi connectivity index (χ3v) is 3.61. The van der Waals surface area contributed by atoms with Crippen LogP contribution in [0.3, 0.4) is 0 Å². The highest BCUT2D eigenvalue weighted by Gasteiger charge is 2.23. The molecule has 94 valence electrons. The van der Waals surface area contributed by atoms with Gasteiger partial charge in [0.05, 0.1) is 6.04 Å². The first-order valence-electron chi connectivity index (χ1n) is 6.26. The van der Waals surface area contributed by atoms with Gasteiger partial charge in [-0.15, -0.1) is 0 Å². The van der Waals surface area contributed by atoms with Gasteiger partial charge in [-0.25, -0.2) is 0 Å². The molecule has 1 unspecified atom stereocenters. The minimum Gasteiger partial charge on any atom is -0.354 e. The number of nitrogens with zero attached hydrogens (tertiary/aromatic N) is 1. The van der Waals surface area contributed by atoms with E-state index in [0.717, 1.165) is 26.1 Å². The average molecular weight is 227 g/mol. The van der Waals surface area contributed by atoms with Crippen LogP contribution in [0.2, 0.25) is 0 Å². The summed E-state index contributed by atoms with van der Waals surface area (Å²) in [5.74, 6) is 0.855. The average Bonchev–Trinajstić information content (AvgIpc) is 2.69. The van der Waals surface area contributed by atoms with Gasteiger partial charge in [0, 0.05) is 13.1 Å². The molecule has 3 N–H and O–H groups in total. The van der Waals surface area contributed by atoms with Crippen molar-refractivity contribution in [3.05, 3.63) is 0 Å². The molecule has 0 aromatic heterocycles. The fourth-order valence-corrected chi connectivity index (χ4v) is 2.07. The standard InChI is InChI=1S/C12H25N3O/c1-4-9(2)11(13)12(16)14-7-10-5-6-15(3)8-10/h9-11H,4-8,13H2,1-3H3,(H,14,16)/t9-,10?,11-/m0/s1. The Hall–Kier alpha value is -0.610.